The van der Waals surface area contributed by atoms with Crippen LogP contribution in [-0.4, -0.2) is 12.6 Å². The molecule has 2 rings (SSSR count). The van der Waals surface area contributed by atoms with Crippen LogP contribution in [0.3, 0.4) is 0 Å². The van der Waals surface area contributed by atoms with Gasteiger partial charge in [-0.25, -0.2) is 0 Å². The highest BCUT2D eigenvalue weighted by Crippen LogP contribution is 2.29. The molecule has 1 heterocycles. The van der Waals surface area contributed by atoms with Crippen LogP contribution < -0.4 is 11.1 Å². The third kappa shape index (κ3) is 2.69. The molecule has 1 aliphatic carbocycles. The third-order valence-electron chi connectivity index (χ3n) is 2.64. The molecule has 82 valence electrons. The first-order chi connectivity index (χ1) is 7.31. The minimum absolute atomic E-state index is 0.282. The minimum Gasteiger partial charge on any atom is -0.329 e. The average Bonchev–Trinajstić information content (AvgIpc) is 2.85. The summed E-state index contributed by atoms with van der Waals surface area (Å²) in [6.07, 6.45) is 6.71. The Balaban J connectivity index is 2.01. The molecule has 1 unspecified atom stereocenters. The number of thiophene rings is 1. The van der Waals surface area contributed by atoms with Gasteiger partial charge in [-0.15, -0.1) is 11.3 Å². The van der Waals surface area contributed by atoms with Crippen molar-refractivity contribution < 1.29 is 0 Å². The topological polar surface area (TPSA) is 38.0 Å². The zero-order chi connectivity index (χ0) is 10.7. The van der Waals surface area contributed by atoms with Crippen molar-refractivity contribution >= 4 is 27.3 Å². The molecule has 0 spiro atoms. The van der Waals surface area contributed by atoms with Gasteiger partial charge in [-0.3, -0.25) is 0 Å². The summed E-state index contributed by atoms with van der Waals surface area (Å²) in [5.74, 6) is 0. The van der Waals surface area contributed by atoms with Crippen LogP contribution in [0.25, 0.3) is 0 Å². The molecule has 0 saturated carbocycles. The summed E-state index contributed by atoms with van der Waals surface area (Å²) in [4.78, 5) is 1.31. The molecule has 1 aliphatic rings. The first-order valence-electron chi connectivity index (χ1n) is 5.15. The van der Waals surface area contributed by atoms with Gasteiger partial charge in [-0.1, -0.05) is 12.2 Å². The van der Waals surface area contributed by atoms with E-state index in [-0.39, 0.29) is 6.04 Å². The molecule has 1 atom stereocenters. The maximum absolute atomic E-state index is 5.81. The molecule has 15 heavy (non-hydrogen) atoms. The zero-order valence-electron chi connectivity index (χ0n) is 8.45. The van der Waals surface area contributed by atoms with Gasteiger partial charge in [0.15, 0.2) is 0 Å². The van der Waals surface area contributed by atoms with Gasteiger partial charge in [0, 0.05) is 21.9 Å². The van der Waals surface area contributed by atoms with E-state index in [4.69, 9.17) is 5.73 Å². The largest absolute Gasteiger partial charge is 0.329 e. The second-order valence-corrected chi connectivity index (χ2v) is 5.53. The molecule has 0 fully saturated rings. The lowest BCUT2D eigenvalue weighted by Gasteiger charge is -2.21. The maximum atomic E-state index is 5.81. The molecule has 0 saturated heterocycles. The van der Waals surface area contributed by atoms with Crippen LogP contribution in [0.5, 0.6) is 0 Å². The van der Waals surface area contributed by atoms with E-state index < -0.39 is 0 Å². The molecular formula is C11H15BrN2S. The standard InChI is InChI=1S/C11H15BrN2S/c12-9-5-6-15-11(9)10(7-13)14-8-3-1-2-4-8/h1-2,5-6,8,10,14H,3-4,7,13H2. The number of hydrogen-bond acceptors (Lipinski definition) is 3. The van der Waals surface area contributed by atoms with Crippen molar-refractivity contribution in [1.82, 2.24) is 5.32 Å². The zero-order valence-corrected chi connectivity index (χ0v) is 10.9. The highest BCUT2D eigenvalue weighted by molar-refractivity contribution is 9.10. The fourth-order valence-electron chi connectivity index (χ4n) is 1.84. The van der Waals surface area contributed by atoms with Crippen LogP contribution >= 0.6 is 27.3 Å². The lowest BCUT2D eigenvalue weighted by Crippen LogP contribution is -2.34. The van der Waals surface area contributed by atoms with E-state index in [2.05, 4.69) is 44.8 Å². The summed E-state index contributed by atoms with van der Waals surface area (Å²) >= 11 is 5.31. The molecule has 0 amide bonds. The quantitative estimate of drug-likeness (QED) is 0.836. The number of nitrogens with two attached hydrogens (primary N) is 1. The molecule has 1 aromatic heterocycles. The van der Waals surface area contributed by atoms with Gasteiger partial charge in [-0.2, -0.15) is 0 Å². The summed E-state index contributed by atoms with van der Waals surface area (Å²) in [6, 6.07) is 2.92. The van der Waals surface area contributed by atoms with Crippen LogP contribution in [0, 0.1) is 0 Å². The highest BCUT2D eigenvalue weighted by Gasteiger charge is 2.19. The summed E-state index contributed by atoms with van der Waals surface area (Å²) in [6.45, 7) is 0.648. The first kappa shape index (κ1) is 11.3. The van der Waals surface area contributed by atoms with Gasteiger partial charge in [0.2, 0.25) is 0 Å². The number of rotatable bonds is 4. The van der Waals surface area contributed by atoms with Crippen molar-refractivity contribution in [1.29, 1.82) is 0 Å². The summed E-state index contributed by atoms with van der Waals surface area (Å²) in [5, 5.41) is 5.70. The van der Waals surface area contributed by atoms with Crippen LogP contribution in [-0.2, 0) is 0 Å². The molecule has 0 aromatic carbocycles. The van der Waals surface area contributed by atoms with Crippen molar-refractivity contribution in [2.75, 3.05) is 6.54 Å². The molecular weight excluding hydrogens is 272 g/mol. The van der Waals surface area contributed by atoms with Gasteiger partial charge in [0.05, 0.1) is 6.04 Å². The fourth-order valence-corrected chi connectivity index (χ4v) is 3.57. The molecule has 3 N–H and O–H groups in total. The van der Waals surface area contributed by atoms with Gasteiger partial charge in [0.1, 0.15) is 0 Å². The van der Waals surface area contributed by atoms with E-state index in [0.29, 0.717) is 12.6 Å². The van der Waals surface area contributed by atoms with Crippen molar-refractivity contribution in [3.63, 3.8) is 0 Å². The molecule has 2 nitrogen and oxygen atoms in total. The van der Waals surface area contributed by atoms with Crippen molar-refractivity contribution in [3.8, 4) is 0 Å². The van der Waals surface area contributed by atoms with Crippen molar-refractivity contribution in [2.45, 2.75) is 24.9 Å². The first-order valence-corrected chi connectivity index (χ1v) is 6.82. The Morgan fingerprint density at radius 2 is 2.27 bits per heavy atom. The van der Waals surface area contributed by atoms with E-state index in [1.165, 1.54) is 9.35 Å². The van der Waals surface area contributed by atoms with Crippen LogP contribution in [0.1, 0.15) is 23.8 Å². The van der Waals surface area contributed by atoms with Gasteiger partial charge in [0.25, 0.3) is 0 Å². The van der Waals surface area contributed by atoms with E-state index >= 15 is 0 Å². The predicted octanol–water partition coefficient (Wildman–Crippen LogP) is 2.82. The summed E-state index contributed by atoms with van der Waals surface area (Å²) < 4.78 is 1.17. The summed E-state index contributed by atoms with van der Waals surface area (Å²) in [5.41, 5.74) is 5.81. The number of hydrogen-bond donors (Lipinski definition) is 2. The van der Waals surface area contributed by atoms with Gasteiger partial charge in [-0.05, 0) is 40.2 Å². The SMILES string of the molecule is NCC(NC1CC=CC1)c1sccc1Br. The number of halogens is 1. The smallest absolute Gasteiger partial charge is 0.0553 e. The molecule has 0 radical (unpaired) electrons. The lowest BCUT2D eigenvalue weighted by atomic mass is 10.1. The monoisotopic (exact) mass is 286 g/mol. The van der Waals surface area contributed by atoms with E-state index in [1.807, 2.05) is 0 Å². The van der Waals surface area contributed by atoms with E-state index in [9.17, 15) is 0 Å². The Morgan fingerprint density at radius 1 is 1.53 bits per heavy atom. The van der Waals surface area contributed by atoms with Crippen LogP contribution in [0.2, 0.25) is 0 Å². The van der Waals surface area contributed by atoms with Gasteiger partial charge >= 0.3 is 0 Å². The normalized spacial score (nSPS) is 18.5. The second-order valence-electron chi connectivity index (χ2n) is 3.73. The highest BCUT2D eigenvalue weighted by atomic mass is 79.9. The molecule has 4 heteroatoms. The van der Waals surface area contributed by atoms with Crippen molar-refractivity contribution in [3.05, 3.63) is 32.9 Å². The molecule has 0 aliphatic heterocycles. The molecule has 0 bridgehead atoms. The van der Waals surface area contributed by atoms with Crippen LogP contribution in [0.4, 0.5) is 0 Å². The maximum Gasteiger partial charge on any atom is 0.0553 e. The Hall–Kier alpha value is -0.160. The summed E-state index contributed by atoms with van der Waals surface area (Å²) in [7, 11) is 0. The number of nitrogens with one attached hydrogen (secondary N) is 1. The predicted molar refractivity (Wildman–Crippen MR) is 69.1 cm³/mol. The average molecular weight is 287 g/mol. The Labute approximate surface area is 103 Å². The van der Waals surface area contributed by atoms with Gasteiger partial charge < -0.3 is 11.1 Å². The fraction of sp³-hybridized carbons (Fsp3) is 0.455. The third-order valence-corrected chi connectivity index (χ3v) is 4.63. The second kappa shape index (κ2) is 5.25. The van der Waals surface area contributed by atoms with Crippen LogP contribution in [0.15, 0.2) is 28.1 Å². The molecule has 1 aromatic rings. The Bertz CT molecular complexity index is 340. The Kier molecular flexibility index (Phi) is 3.97. The Morgan fingerprint density at radius 3 is 2.80 bits per heavy atom. The van der Waals surface area contributed by atoms with Crippen molar-refractivity contribution in [2.24, 2.45) is 5.73 Å². The van der Waals surface area contributed by atoms with E-state index in [1.54, 1.807) is 11.3 Å². The van der Waals surface area contributed by atoms with E-state index in [0.717, 1.165) is 12.8 Å². The minimum atomic E-state index is 0.282. The lowest BCUT2D eigenvalue weighted by molar-refractivity contribution is 0.457.